The lowest BCUT2D eigenvalue weighted by Gasteiger charge is -2.14. The summed E-state index contributed by atoms with van der Waals surface area (Å²) < 4.78 is 2.33. The van der Waals surface area contributed by atoms with Crippen LogP contribution in [0.4, 0.5) is 0 Å². The van der Waals surface area contributed by atoms with Crippen LogP contribution in [-0.2, 0) is 0 Å². The van der Waals surface area contributed by atoms with Crippen LogP contribution in [0.5, 0.6) is 0 Å². The van der Waals surface area contributed by atoms with E-state index in [2.05, 4.69) is 81.2 Å². The first-order valence-corrected chi connectivity index (χ1v) is 7.77. The van der Waals surface area contributed by atoms with Crippen LogP contribution in [-0.4, -0.2) is 0 Å². The molecule has 2 heteroatoms. The molecule has 0 saturated carbocycles. The van der Waals surface area contributed by atoms with Crippen molar-refractivity contribution < 1.29 is 0 Å². The molecule has 0 amide bonds. The van der Waals surface area contributed by atoms with Crippen molar-refractivity contribution in [2.75, 3.05) is 0 Å². The largest absolute Gasteiger partial charge is 0.0537 e. The van der Waals surface area contributed by atoms with Gasteiger partial charge in [0.25, 0.3) is 0 Å². The van der Waals surface area contributed by atoms with Gasteiger partial charge in [-0.05, 0) is 56.9 Å². The first kappa shape index (κ1) is 11.7. The van der Waals surface area contributed by atoms with Gasteiger partial charge in [0.15, 0.2) is 0 Å². The quantitative estimate of drug-likeness (QED) is 0.312. The maximum atomic E-state index is 3.70. The Kier molecular flexibility index (Phi) is 2.42. The third kappa shape index (κ3) is 1.50. The van der Waals surface area contributed by atoms with Crippen molar-refractivity contribution >= 4 is 64.2 Å². The number of hydrogen-bond acceptors (Lipinski definition) is 0. The molecule has 4 aromatic carbocycles. The number of halogens is 2. The standard InChI is InChI=1S/C17H10Br2/c1-9-8-15(19)13-4-2-10-3-7-14(18)12-6-5-11(9)17(13)16(10)12/h2-8H,1H3. The minimum Gasteiger partial charge on any atom is -0.0537 e. The molecule has 4 rings (SSSR count). The molecule has 0 saturated heterocycles. The van der Waals surface area contributed by atoms with E-state index >= 15 is 0 Å². The predicted molar refractivity (Wildman–Crippen MR) is 90.3 cm³/mol. The van der Waals surface area contributed by atoms with E-state index in [0.29, 0.717) is 0 Å². The molecule has 0 spiro atoms. The maximum absolute atomic E-state index is 3.70. The van der Waals surface area contributed by atoms with Crippen molar-refractivity contribution in [1.29, 1.82) is 0 Å². The molecule has 0 N–H and O–H groups in total. The van der Waals surface area contributed by atoms with Crippen LogP contribution in [0.2, 0.25) is 0 Å². The molecule has 4 aromatic rings. The van der Waals surface area contributed by atoms with Gasteiger partial charge < -0.3 is 0 Å². The van der Waals surface area contributed by atoms with Crippen molar-refractivity contribution in [1.82, 2.24) is 0 Å². The summed E-state index contributed by atoms with van der Waals surface area (Å²) in [5, 5.41) is 7.94. The van der Waals surface area contributed by atoms with Gasteiger partial charge >= 0.3 is 0 Å². The zero-order chi connectivity index (χ0) is 13.1. The van der Waals surface area contributed by atoms with Gasteiger partial charge in [-0.3, -0.25) is 0 Å². The highest BCUT2D eigenvalue weighted by Gasteiger charge is 2.12. The van der Waals surface area contributed by atoms with Gasteiger partial charge in [0, 0.05) is 8.95 Å². The molecule has 92 valence electrons. The number of hydrogen-bond donors (Lipinski definition) is 0. The molecule has 0 atom stereocenters. The normalized spacial score (nSPS) is 11.9. The first-order chi connectivity index (χ1) is 9.16. The molecule has 0 radical (unpaired) electrons. The fraction of sp³-hybridized carbons (Fsp3) is 0.0588. The van der Waals surface area contributed by atoms with E-state index in [4.69, 9.17) is 0 Å². The van der Waals surface area contributed by atoms with Gasteiger partial charge in [0.1, 0.15) is 0 Å². The second kappa shape index (κ2) is 3.94. The van der Waals surface area contributed by atoms with Crippen LogP contribution in [0.1, 0.15) is 5.56 Å². The van der Waals surface area contributed by atoms with Gasteiger partial charge in [-0.2, -0.15) is 0 Å². The smallest absolute Gasteiger partial charge is 0.0257 e. The molecule has 0 aromatic heterocycles. The summed E-state index contributed by atoms with van der Waals surface area (Å²) >= 11 is 7.37. The van der Waals surface area contributed by atoms with Gasteiger partial charge in [-0.1, -0.05) is 62.2 Å². The first-order valence-electron chi connectivity index (χ1n) is 6.19. The molecule has 0 heterocycles. The summed E-state index contributed by atoms with van der Waals surface area (Å²) in [5.74, 6) is 0. The zero-order valence-electron chi connectivity index (χ0n) is 10.3. The van der Waals surface area contributed by atoms with Crippen LogP contribution in [0.25, 0.3) is 32.3 Å². The van der Waals surface area contributed by atoms with Crippen LogP contribution in [0, 0.1) is 6.92 Å². The molecule has 0 aliphatic carbocycles. The Bertz CT molecular complexity index is 917. The molecule has 0 nitrogen and oxygen atoms in total. The van der Waals surface area contributed by atoms with E-state index in [9.17, 15) is 0 Å². The summed E-state index contributed by atoms with van der Waals surface area (Å²) in [5.41, 5.74) is 1.31. The van der Waals surface area contributed by atoms with Gasteiger partial charge in [0.05, 0.1) is 0 Å². The third-order valence-corrected chi connectivity index (χ3v) is 5.23. The number of rotatable bonds is 0. The molecule has 0 bridgehead atoms. The van der Waals surface area contributed by atoms with Crippen molar-refractivity contribution in [2.45, 2.75) is 6.92 Å². The summed E-state index contributed by atoms with van der Waals surface area (Å²) in [6, 6.07) is 15.4. The van der Waals surface area contributed by atoms with Gasteiger partial charge in [0.2, 0.25) is 0 Å². The molecular weight excluding hydrogens is 364 g/mol. The summed E-state index contributed by atoms with van der Waals surface area (Å²) in [4.78, 5) is 0. The Morgan fingerprint density at radius 2 is 1.32 bits per heavy atom. The SMILES string of the molecule is Cc1cc(Br)c2ccc3ccc(Br)c4ccc1c2c34. The van der Waals surface area contributed by atoms with E-state index in [1.54, 1.807) is 0 Å². The lowest BCUT2D eigenvalue weighted by Crippen LogP contribution is -1.87. The van der Waals surface area contributed by atoms with Crippen molar-refractivity contribution in [2.24, 2.45) is 0 Å². The number of aryl methyl sites for hydroxylation is 1. The highest BCUT2D eigenvalue weighted by molar-refractivity contribution is 9.11. The van der Waals surface area contributed by atoms with Gasteiger partial charge in [-0.15, -0.1) is 0 Å². The fourth-order valence-electron chi connectivity index (χ4n) is 2.99. The van der Waals surface area contributed by atoms with E-state index < -0.39 is 0 Å². The second-order valence-corrected chi connectivity index (χ2v) is 6.68. The second-order valence-electron chi connectivity index (χ2n) is 4.97. The fourth-order valence-corrected chi connectivity index (χ4v) is 4.12. The Morgan fingerprint density at radius 1 is 0.684 bits per heavy atom. The van der Waals surface area contributed by atoms with Crippen molar-refractivity contribution in [3.8, 4) is 0 Å². The Morgan fingerprint density at radius 3 is 2.16 bits per heavy atom. The van der Waals surface area contributed by atoms with Gasteiger partial charge in [-0.25, -0.2) is 0 Å². The molecular formula is C17H10Br2. The lowest BCUT2D eigenvalue weighted by atomic mass is 9.92. The van der Waals surface area contributed by atoms with E-state index in [-0.39, 0.29) is 0 Å². The predicted octanol–water partition coefficient (Wildman–Crippen LogP) is 6.42. The lowest BCUT2D eigenvalue weighted by molar-refractivity contribution is 1.53. The molecule has 0 unspecified atom stereocenters. The van der Waals surface area contributed by atoms with Crippen LogP contribution >= 0.6 is 31.9 Å². The third-order valence-electron chi connectivity index (χ3n) is 3.88. The Hall–Kier alpha value is -1.12. The zero-order valence-corrected chi connectivity index (χ0v) is 13.5. The Balaban J connectivity index is 2.47. The minimum absolute atomic E-state index is 1.16. The summed E-state index contributed by atoms with van der Waals surface area (Å²) in [6.45, 7) is 2.17. The summed E-state index contributed by atoms with van der Waals surface area (Å²) in [6.07, 6.45) is 0. The minimum atomic E-state index is 1.16. The highest BCUT2D eigenvalue weighted by atomic mass is 79.9. The molecule has 0 fully saturated rings. The number of benzene rings is 4. The average Bonchev–Trinajstić information content (AvgIpc) is 2.41. The monoisotopic (exact) mass is 372 g/mol. The van der Waals surface area contributed by atoms with E-state index in [1.807, 2.05) is 0 Å². The van der Waals surface area contributed by atoms with Crippen LogP contribution in [0.3, 0.4) is 0 Å². The average molecular weight is 374 g/mol. The Labute approximate surface area is 128 Å². The van der Waals surface area contributed by atoms with Crippen molar-refractivity contribution in [3.63, 3.8) is 0 Å². The molecule has 0 aliphatic heterocycles. The topological polar surface area (TPSA) is 0 Å². The molecule has 0 aliphatic rings. The van der Waals surface area contributed by atoms with E-state index in [0.717, 1.165) is 4.47 Å². The summed E-state index contributed by atoms with van der Waals surface area (Å²) in [7, 11) is 0. The molecule has 19 heavy (non-hydrogen) atoms. The highest BCUT2D eigenvalue weighted by Crippen LogP contribution is 2.41. The van der Waals surface area contributed by atoms with E-state index in [1.165, 1.54) is 42.4 Å². The van der Waals surface area contributed by atoms with Crippen molar-refractivity contribution in [3.05, 3.63) is 57.0 Å². The maximum Gasteiger partial charge on any atom is 0.0257 e. The van der Waals surface area contributed by atoms with Crippen LogP contribution in [0.15, 0.2) is 51.4 Å². The van der Waals surface area contributed by atoms with Crippen LogP contribution < -0.4 is 0 Å².